The number of hydrogen-bond donors (Lipinski definition) is 1. The van der Waals surface area contributed by atoms with Crippen LogP contribution in [-0.4, -0.2) is 57.8 Å². The average Bonchev–Trinajstić information content (AvgIpc) is 3.36. The zero-order valence-corrected chi connectivity index (χ0v) is 20.2. The Morgan fingerprint density at radius 1 is 1.15 bits per heavy atom. The lowest BCUT2D eigenvalue weighted by Crippen LogP contribution is -2.40. The lowest BCUT2D eigenvalue weighted by Gasteiger charge is -2.25. The number of benzene rings is 1. The molecule has 9 heteroatoms. The lowest BCUT2D eigenvalue weighted by molar-refractivity contribution is -0.123. The minimum Gasteiger partial charge on any atom is -0.378 e. The summed E-state index contributed by atoms with van der Waals surface area (Å²) >= 11 is 1.39. The van der Waals surface area contributed by atoms with Gasteiger partial charge in [-0.3, -0.25) is 14.3 Å². The van der Waals surface area contributed by atoms with Crippen molar-refractivity contribution in [1.29, 1.82) is 0 Å². The van der Waals surface area contributed by atoms with Gasteiger partial charge in [0.2, 0.25) is 5.91 Å². The molecule has 1 aliphatic rings. The molecule has 0 aliphatic carbocycles. The largest absolute Gasteiger partial charge is 0.378 e. The topological polar surface area (TPSA) is 89.3 Å². The molecule has 2 amide bonds. The molecule has 0 spiro atoms. The van der Waals surface area contributed by atoms with Crippen LogP contribution in [0.25, 0.3) is 10.6 Å². The van der Waals surface area contributed by atoms with Crippen molar-refractivity contribution in [2.75, 3.05) is 31.6 Å². The van der Waals surface area contributed by atoms with Crippen molar-refractivity contribution in [3.8, 4) is 10.6 Å². The van der Waals surface area contributed by atoms with Crippen molar-refractivity contribution in [2.45, 2.75) is 34.2 Å². The zero-order chi connectivity index (χ0) is 23.6. The van der Waals surface area contributed by atoms with Gasteiger partial charge in [0.25, 0.3) is 5.91 Å². The molecule has 8 nitrogen and oxygen atoms in total. The van der Waals surface area contributed by atoms with Crippen LogP contribution in [0.5, 0.6) is 0 Å². The van der Waals surface area contributed by atoms with E-state index in [1.807, 2.05) is 68.8 Å². The molecule has 1 saturated heterocycles. The molecule has 1 N–H and O–H groups in total. The van der Waals surface area contributed by atoms with Crippen molar-refractivity contribution >= 4 is 28.3 Å². The summed E-state index contributed by atoms with van der Waals surface area (Å²) in [6.07, 6.45) is 0. The number of carbonyl (C=O) groups is 2. The van der Waals surface area contributed by atoms with Gasteiger partial charge >= 0.3 is 0 Å². The minimum absolute atomic E-state index is 0.0937. The number of nitrogens with one attached hydrogen (secondary N) is 1. The van der Waals surface area contributed by atoms with Crippen LogP contribution in [0.15, 0.2) is 36.4 Å². The SMILES string of the molecule is Cc1nc(NC(=O)C(C)(C)C)sc1-c1cc(C(=O)N2CCOCC2)nn1Cc1ccccc1. The quantitative estimate of drug-likeness (QED) is 0.616. The van der Waals surface area contributed by atoms with Crippen molar-refractivity contribution in [1.82, 2.24) is 19.7 Å². The first-order chi connectivity index (χ1) is 15.7. The van der Waals surface area contributed by atoms with E-state index in [1.54, 1.807) is 4.90 Å². The van der Waals surface area contributed by atoms with Crippen LogP contribution >= 0.6 is 11.3 Å². The highest BCUT2D eigenvalue weighted by Gasteiger charge is 2.26. The Hall–Kier alpha value is -3.04. The first kappa shape index (κ1) is 23.1. The molecular formula is C24H29N5O3S. The van der Waals surface area contributed by atoms with E-state index in [2.05, 4.69) is 15.4 Å². The summed E-state index contributed by atoms with van der Waals surface area (Å²) in [5.74, 6) is -0.196. The number of nitrogens with zero attached hydrogens (tertiary/aromatic N) is 4. The summed E-state index contributed by atoms with van der Waals surface area (Å²) < 4.78 is 7.22. The molecule has 0 atom stereocenters. The summed E-state index contributed by atoms with van der Waals surface area (Å²) in [6, 6.07) is 11.8. The minimum atomic E-state index is -0.521. The smallest absolute Gasteiger partial charge is 0.274 e. The summed E-state index contributed by atoms with van der Waals surface area (Å²) in [5.41, 5.74) is 2.55. The standard InChI is InChI=1S/C24H29N5O3S/c1-16-20(33-23(25-16)26-22(31)24(2,3)4)19-14-18(21(30)28-10-12-32-13-11-28)27-29(19)15-17-8-6-5-7-9-17/h5-9,14H,10-13,15H2,1-4H3,(H,25,26,31). The molecule has 3 heterocycles. The van der Waals surface area contributed by atoms with Gasteiger partial charge in [-0.2, -0.15) is 5.10 Å². The van der Waals surface area contributed by atoms with Crippen molar-refractivity contribution in [3.05, 3.63) is 53.3 Å². The Morgan fingerprint density at radius 2 is 1.85 bits per heavy atom. The molecule has 2 aromatic heterocycles. The fraction of sp³-hybridized carbons (Fsp3) is 0.417. The highest BCUT2D eigenvalue weighted by Crippen LogP contribution is 2.34. The predicted octanol–water partition coefficient (Wildman–Crippen LogP) is 3.82. The van der Waals surface area contributed by atoms with E-state index in [0.717, 1.165) is 21.8 Å². The van der Waals surface area contributed by atoms with Gasteiger partial charge in [0.05, 0.1) is 36.0 Å². The monoisotopic (exact) mass is 467 g/mol. The van der Waals surface area contributed by atoms with Gasteiger partial charge in [0, 0.05) is 18.5 Å². The molecule has 33 heavy (non-hydrogen) atoms. The molecule has 174 valence electrons. The molecule has 1 aliphatic heterocycles. The number of rotatable bonds is 5. The van der Waals surface area contributed by atoms with E-state index in [1.165, 1.54) is 11.3 Å². The van der Waals surface area contributed by atoms with E-state index in [-0.39, 0.29) is 11.8 Å². The number of ether oxygens (including phenoxy) is 1. The van der Waals surface area contributed by atoms with Crippen LogP contribution in [-0.2, 0) is 16.1 Å². The Kier molecular flexibility index (Phi) is 6.62. The molecule has 1 aromatic carbocycles. The van der Waals surface area contributed by atoms with Crippen LogP contribution in [0.3, 0.4) is 0 Å². The average molecular weight is 468 g/mol. The van der Waals surface area contributed by atoms with E-state index >= 15 is 0 Å². The van der Waals surface area contributed by atoms with Crippen molar-refractivity contribution in [2.24, 2.45) is 5.41 Å². The Morgan fingerprint density at radius 3 is 2.52 bits per heavy atom. The fourth-order valence-electron chi connectivity index (χ4n) is 3.48. The van der Waals surface area contributed by atoms with E-state index < -0.39 is 5.41 Å². The van der Waals surface area contributed by atoms with Gasteiger partial charge in [0.15, 0.2) is 10.8 Å². The summed E-state index contributed by atoms with van der Waals surface area (Å²) in [6.45, 7) is 10.2. The summed E-state index contributed by atoms with van der Waals surface area (Å²) in [7, 11) is 0. The second kappa shape index (κ2) is 9.44. The highest BCUT2D eigenvalue weighted by atomic mass is 32.1. The molecule has 0 bridgehead atoms. The number of morpholine rings is 1. The molecule has 0 unspecified atom stereocenters. The molecule has 4 rings (SSSR count). The maximum atomic E-state index is 13.1. The first-order valence-corrected chi connectivity index (χ1v) is 11.8. The van der Waals surface area contributed by atoms with Crippen LogP contribution in [0.1, 0.15) is 42.5 Å². The number of aromatic nitrogens is 3. The third kappa shape index (κ3) is 5.31. The molecule has 1 fully saturated rings. The van der Waals surface area contributed by atoms with Crippen molar-refractivity contribution in [3.63, 3.8) is 0 Å². The second-order valence-corrected chi connectivity index (χ2v) is 10.1. The van der Waals surface area contributed by atoms with Crippen LogP contribution in [0, 0.1) is 12.3 Å². The van der Waals surface area contributed by atoms with Gasteiger partial charge in [-0.25, -0.2) is 4.98 Å². The normalized spacial score (nSPS) is 14.4. The number of thiazole rings is 1. The third-order valence-electron chi connectivity index (χ3n) is 5.40. The fourth-order valence-corrected chi connectivity index (χ4v) is 4.46. The molecule has 3 aromatic rings. The first-order valence-electron chi connectivity index (χ1n) is 11.0. The second-order valence-electron chi connectivity index (χ2n) is 9.10. The van der Waals surface area contributed by atoms with Gasteiger partial charge in [-0.05, 0) is 18.6 Å². The Bertz CT molecular complexity index is 1140. The number of amides is 2. The number of aryl methyl sites for hydroxylation is 1. The third-order valence-corrected chi connectivity index (χ3v) is 6.50. The maximum Gasteiger partial charge on any atom is 0.274 e. The van der Waals surface area contributed by atoms with E-state index in [4.69, 9.17) is 4.74 Å². The number of hydrogen-bond acceptors (Lipinski definition) is 6. The van der Waals surface area contributed by atoms with Crippen LogP contribution < -0.4 is 5.32 Å². The molecule has 0 radical (unpaired) electrons. The van der Waals surface area contributed by atoms with Gasteiger partial charge in [-0.1, -0.05) is 62.4 Å². The molecular weight excluding hydrogens is 438 g/mol. The number of carbonyl (C=O) groups excluding carboxylic acids is 2. The van der Waals surface area contributed by atoms with Gasteiger partial charge in [0.1, 0.15) is 0 Å². The highest BCUT2D eigenvalue weighted by molar-refractivity contribution is 7.19. The van der Waals surface area contributed by atoms with E-state index in [0.29, 0.717) is 43.7 Å². The number of anilines is 1. The van der Waals surface area contributed by atoms with Crippen LogP contribution in [0.2, 0.25) is 0 Å². The summed E-state index contributed by atoms with van der Waals surface area (Å²) in [5, 5.41) is 8.13. The Balaban J connectivity index is 1.69. The summed E-state index contributed by atoms with van der Waals surface area (Å²) in [4.78, 5) is 32.8. The maximum absolute atomic E-state index is 13.1. The van der Waals surface area contributed by atoms with Crippen LogP contribution in [0.4, 0.5) is 5.13 Å². The van der Waals surface area contributed by atoms with Gasteiger partial charge in [-0.15, -0.1) is 0 Å². The van der Waals surface area contributed by atoms with E-state index in [9.17, 15) is 9.59 Å². The van der Waals surface area contributed by atoms with Gasteiger partial charge < -0.3 is 15.0 Å². The lowest BCUT2D eigenvalue weighted by atomic mass is 9.96. The predicted molar refractivity (Wildman–Crippen MR) is 128 cm³/mol. The molecule has 0 saturated carbocycles. The zero-order valence-electron chi connectivity index (χ0n) is 19.4. The van der Waals surface area contributed by atoms with Crippen molar-refractivity contribution < 1.29 is 14.3 Å². The Labute approximate surface area is 197 Å².